The molecule has 2 aliphatic heterocycles. The second kappa shape index (κ2) is 7.31. The van der Waals surface area contributed by atoms with Crippen molar-refractivity contribution >= 4 is 21.3 Å². The van der Waals surface area contributed by atoms with Gasteiger partial charge in [-0.25, -0.2) is 18.4 Å². The minimum atomic E-state index is -3.69. The van der Waals surface area contributed by atoms with Crippen LogP contribution in [0.2, 0.25) is 0 Å². The van der Waals surface area contributed by atoms with Crippen LogP contribution in [0.4, 0.5) is 11.5 Å². The molecule has 1 aromatic heterocycles. The van der Waals surface area contributed by atoms with Gasteiger partial charge >= 0.3 is 0 Å². The molecule has 0 radical (unpaired) electrons. The molecule has 150 valence electrons. The van der Waals surface area contributed by atoms with Gasteiger partial charge in [-0.2, -0.15) is 0 Å². The average molecular weight is 404 g/mol. The van der Waals surface area contributed by atoms with E-state index in [9.17, 15) is 8.42 Å². The normalized spacial score (nSPS) is 24.9. The first-order valence-corrected chi connectivity index (χ1v) is 11.0. The highest BCUT2D eigenvalue weighted by atomic mass is 32.2. The van der Waals surface area contributed by atoms with E-state index in [0.717, 1.165) is 0 Å². The number of rotatable bonds is 4. The predicted molar refractivity (Wildman–Crippen MR) is 107 cm³/mol. The largest absolute Gasteiger partial charge is 0.374 e. The van der Waals surface area contributed by atoms with Gasteiger partial charge in [-0.15, -0.1) is 0 Å². The van der Waals surface area contributed by atoms with Crippen LogP contribution in [-0.4, -0.2) is 50.4 Å². The fourth-order valence-corrected chi connectivity index (χ4v) is 5.52. The highest BCUT2D eigenvalue weighted by Gasteiger charge is 2.44. The maximum Gasteiger partial charge on any atom is 0.190 e. The Labute approximate surface area is 165 Å². The van der Waals surface area contributed by atoms with Gasteiger partial charge in [0.2, 0.25) is 0 Å². The van der Waals surface area contributed by atoms with Gasteiger partial charge in [-0.05, 0) is 18.1 Å². The Kier molecular flexibility index (Phi) is 4.98. The molecule has 1 aromatic carbocycles. The molecule has 9 heteroatoms. The minimum absolute atomic E-state index is 0.0956. The van der Waals surface area contributed by atoms with Gasteiger partial charge in [0, 0.05) is 13.1 Å². The lowest BCUT2D eigenvalue weighted by atomic mass is 10.1. The van der Waals surface area contributed by atoms with Crippen molar-refractivity contribution in [2.45, 2.75) is 36.3 Å². The lowest BCUT2D eigenvalue weighted by Gasteiger charge is -2.36. The van der Waals surface area contributed by atoms with Gasteiger partial charge in [0.15, 0.2) is 15.7 Å². The summed E-state index contributed by atoms with van der Waals surface area (Å²) in [7, 11) is -3.69. The molecule has 0 spiro atoms. The summed E-state index contributed by atoms with van der Waals surface area (Å²) in [6.45, 7) is 6.21. The molecule has 8 nitrogen and oxygen atoms in total. The van der Waals surface area contributed by atoms with Gasteiger partial charge in [-0.3, -0.25) is 0 Å². The summed E-state index contributed by atoms with van der Waals surface area (Å²) < 4.78 is 32.3. The number of nitrogens with one attached hydrogen (secondary N) is 1. The molecule has 0 aliphatic carbocycles. The molecule has 1 saturated heterocycles. The standard InChI is InChI=1S/C19H25N5O3S/c1-12(2)14-10-24(8-9-27-14)19-16-15(21-11-22-19)17(18(20)23-16)28(25,26)13-6-4-3-5-7-13/h3-7,11-12,14,17-18,23H,8-10,20H2,1-2H3. The molecular weight excluding hydrogens is 378 g/mol. The van der Waals surface area contributed by atoms with Gasteiger partial charge in [0.1, 0.15) is 17.3 Å². The van der Waals surface area contributed by atoms with Crippen molar-refractivity contribution in [3.05, 3.63) is 42.4 Å². The molecule has 0 saturated carbocycles. The number of morpholine rings is 1. The Hall–Kier alpha value is -2.23. The van der Waals surface area contributed by atoms with Crippen LogP contribution in [0.15, 0.2) is 41.6 Å². The number of ether oxygens (including phenoxy) is 1. The summed E-state index contributed by atoms with van der Waals surface area (Å²) in [5.41, 5.74) is 7.25. The van der Waals surface area contributed by atoms with E-state index < -0.39 is 21.3 Å². The SMILES string of the molecule is CC(C)C1CN(c2ncnc3c2NC(N)C3S(=O)(=O)c2ccccc2)CCO1. The third-order valence-electron chi connectivity index (χ3n) is 5.31. The molecule has 0 amide bonds. The molecule has 3 atom stereocenters. The minimum Gasteiger partial charge on any atom is -0.374 e. The van der Waals surface area contributed by atoms with E-state index in [0.29, 0.717) is 42.8 Å². The van der Waals surface area contributed by atoms with Gasteiger partial charge in [-0.1, -0.05) is 32.0 Å². The zero-order chi connectivity index (χ0) is 19.9. The maximum absolute atomic E-state index is 13.2. The summed E-state index contributed by atoms with van der Waals surface area (Å²) in [5.74, 6) is 1.05. The van der Waals surface area contributed by atoms with Gasteiger partial charge < -0.3 is 20.7 Å². The van der Waals surface area contributed by atoms with E-state index in [2.05, 4.69) is 34.0 Å². The highest BCUT2D eigenvalue weighted by Crippen LogP contribution is 2.43. The predicted octanol–water partition coefficient (Wildman–Crippen LogP) is 1.56. The number of hydrogen-bond acceptors (Lipinski definition) is 8. The van der Waals surface area contributed by atoms with Crippen LogP contribution in [0.3, 0.4) is 0 Å². The number of nitrogens with zero attached hydrogens (tertiary/aromatic N) is 3. The Bertz CT molecular complexity index is 951. The van der Waals surface area contributed by atoms with Crippen molar-refractivity contribution in [2.75, 3.05) is 29.9 Å². The first-order valence-electron chi connectivity index (χ1n) is 9.42. The first kappa shape index (κ1) is 19.1. The van der Waals surface area contributed by atoms with Crippen LogP contribution in [-0.2, 0) is 14.6 Å². The van der Waals surface area contributed by atoms with E-state index in [-0.39, 0.29) is 11.0 Å². The molecule has 2 aliphatic rings. The molecule has 3 N–H and O–H groups in total. The van der Waals surface area contributed by atoms with Crippen molar-refractivity contribution in [2.24, 2.45) is 11.7 Å². The number of hydrogen-bond donors (Lipinski definition) is 2. The molecule has 0 bridgehead atoms. The third kappa shape index (κ3) is 3.23. The average Bonchev–Trinajstić information content (AvgIpc) is 3.05. The number of anilines is 2. The molecule has 3 heterocycles. The van der Waals surface area contributed by atoms with Crippen LogP contribution < -0.4 is 16.0 Å². The van der Waals surface area contributed by atoms with E-state index >= 15 is 0 Å². The quantitative estimate of drug-likeness (QED) is 0.791. The van der Waals surface area contributed by atoms with Crippen molar-refractivity contribution in [3.63, 3.8) is 0 Å². The Morgan fingerprint density at radius 2 is 2.00 bits per heavy atom. The Morgan fingerprint density at radius 1 is 1.25 bits per heavy atom. The molecule has 4 rings (SSSR count). The summed E-state index contributed by atoms with van der Waals surface area (Å²) >= 11 is 0. The fraction of sp³-hybridized carbons (Fsp3) is 0.474. The lowest BCUT2D eigenvalue weighted by molar-refractivity contribution is 0.0112. The molecule has 2 aromatic rings. The summed E-state index contributed by atoms with van der Waals surface area (Å²) in [4.78, 5) is 11.1. The fourth-order valence-electron chi connectivity index (χ4n) is 3.76. The van der Waals surface area contributed by atoms with Crippen molar-refractivity contribution in [1.82, 2.24) is 9.97 Å². The Morgan fingerprint density at radius 3 is 2.71 bits per heavy atom. The maximum atomic E-state index is 13.2. The number of sulfone groups is 1. The van der Waals surface area contributed by atoms with Crippen LogP contribution in [0.1, 0.15) is 24.8 Å². The highest BCUT2D eigenvalue weighted by molar-refractivity contribution is 7.91. The van der Waals surface area contributed by atoms with Crippen molar-refractivity contribution < 1.29 is 13.2 Å². The number of nitrogens with two attached hydrogens (primary N) is 1. The smallest absolute Gasteiger partial charge is 0.190 e. The van der Waals surface area contributed by atoms with Crippen LogP contribution in [0.5, 0.6) is 0 Å². The van der Waals surface area contributed by atoms with Gasteiger partial charge in [0.25, 0.3) is 0 Å². The topological polar surface area (TPSA) is 110 Å². The lowest BCUT2D eigenvalue weighted by Crippen LogP contribution is -2.45. The number of aromatic nitrogens is 2. The zero-order valence-corrected chi connectivity index (χ0v) is 16.8. The number of benzene rings is 1. The zero-order valence-electron chi connectivity index (χ0n) is 15.9. The second-order valence-corrected chi connectivity index (χ2v) is 9.57. The number of fused-ring (bicyclic) bond motifs is 1. The van der Waals surface area contributed by atoms with Crippen LogP contribution in [0, 0.1) is 5.92 Å². The van der Waals surface area contributed by atoms with Crippen molar-refractivity contribution in [1.29, 1.82) is 0 Å². The summed E-state index contributed by atoms with van der Waals surface area (Å²) in [6, 6.07) is 8.35. The third-order valence-corrected chi connectivity index (χ3v) is 7.42. The van der Waals surface area contributed by atoms with Crippen LogP contribution in [0.25, 0.3) is 0 Å². The molecular formula is C19H25N5O3S. The van der Waals surface area contributed by atoms with E-state index in [1.165, 1.54) is 6.33 Å². The van der Waals surface area contributed by atoms with E-state index in [4.69, 9.17) is 10.5 Å². The van der Waals surface area contributed by atoms with Crippen LogP contribution >= 0.6 is 0 Å². The monoisotopic (exact) mass is 403 g/mol. The van der Waals surface area contributed by atoms with E-state index in [1.807, 2.05) is 0 Å². The Balaban J connectivity index is 1.72. The summed E-state index contributed by atoms with van der Waals surface area (Å²) in [5, 5.41) is 2.16. The van der Waals surface area contributed by atoms with Crippen molar-refractivity contribution in [3.8, 4) is 0 Å². The second-order valence-electron chi connectivity index (χ2n) is 7.51. The molecule has 28 heavy (non-hydrogen) atoms. The molecule has 3 unspecified atom stereocenters. The summed E-state index contributed by atoms with van der Waals surface area (Å²) in [6.07, 6.45) is 0.720. The molecule has 1 fully saturated rings. The first-order chi connectivity index (χ1) is 13.4. The van der Waals surface area contributed by atoms with Gasteiger partial charge in [0.05, 0.1) is 29.5 Å². The van der Waals surface area contributed by atoms with E-state index in [1.54, 1.807) is 30.3 Å².